The van der Waals surface area contributed by atoms with Crippen molar-refractivity contribution in [2.24, 2.45) is 5.10 Å². The second-order valence-electron chi connectivity index (χ2n) is 5.25. The average molecular weight is 356 g/mol. The lowest BCUT2D eigenvalue weighted by Crippen LogP contribution is -2.08. The van der Waals surface area contributed by atoms with E-state index in [1.807, 2.05) is 6.07 Å². The molecule has 0 spiro atoms. The number of allylic oxidation sites excluding steroid dienone is 2. The van der Waals surface area contributed by atoms with Crippen LogP contribution in [0.3, 0.4) is 0 Å². The molecule has 0 heterocycles. The van der Waals surface area contributed by atoms with Crippen LogP contribution in [-0.4, -0.2) is 18.2 Å². The third-order valence-corrected chi connectivity index (χ3v) is 3.60. The third kappa shape index (κ3) is 4.54. The summed E-state index contributed by atoms with van der Waals surface area (Å²) in [6.45, 7) is 0. The zero-order chi connectivity index (χ0) is 19.8. The summed E-state index contributed by atoms with van der Waals surface area (Å²) in [5.74, 6) is 0. The van der Waals surface area contributed by atoms with Gasteiger partial charge in [-0.2, -0.15) is 20.9 Å². The Bertz CT molecular complexity index is 1020. The Morgan fingerprint density at radius 3 is 2.11 bits per heavy atom. The molecule has 2 aromatic rings. The SMILES string of the molecule is CN(/N=C/c1ccc([N+](=O)[O-])cc1)c1ccc(C(C#N)=C(C#N)C#N)cc1. The van der Waals surface area contributed by atoms with E-state index in [0.29, 0.717) is 16.8 Å². The van der Waals surface area contributed by atoms with Crippen LogP contribution < -0.4 is 5.01 Å². The van der Waals surface area contributed by atoms with Crippen LogP contribution in [0.15, 0.2) is 59.2 Å². The van der Waals surface area contributed by atoms with Gasteiger partial charge in [-0.15, -0.1) is 0 Å². The number of hydrazone groups is 1. The fourth-order valence-corrected chi connectivity index (χ4v) is 2.15. The smallest absolute Gasteiger partial charge is 0.269 e. The molecule has 0 unspecified atom stereocenters. The zero-order valence-electron chi connectivity index (χ0n) is 14.2. The summed E-state index contributed by atoms with van der Waals surface area (Å²) in [6.07, 6.45) is 1.56. The zero-order valence-corrected chi connectivity index (χ0v) is 14.2. The van der Waals surface area contributed by atoms with Crippen LogP contribution >= 0.6 is 0 Å². The number of hydrogen-bond acceptors (Lipinski definition) is 7. The first kappa shape index (κ1) is 18.9. The van der Waals surface area contributed by atoms with Crippen molar-refractivity contribution in [2.45, 2.75) is 0 Å². The molecule has 8 nitrogen and oxygen atoms in total. The number of nitro benzene ring substituents is 1. The highest BCUT2D eigenvalue weighted by molar-refractivity contribution is 5.85. The maximum absolute atomic E-state index is 10.6. The van der Waals surface area contributed by atoms with Gasteiger partial charge in [-0.3, -0.25) is 15.1 Å². The van der Waals surface area contributed by atoms with Gasteiger partial charge in [0.25, 0.3) is 5.69 Å². The van der Waals surface area contributed by atoms with Gasteiger partial charge in [0.2, 0.25) is 0 Å². The summed E-state index contributed by atoms with van der Waals surface area (Å²) in [5.41, 5.74) is 1.66. The molecule has 2 aromatic carbocycles. The Morgan fingerprint density at radius 1 is 1.04 bits per heavy atom. The number of non-ortho nitro benzene ring substituents is 1. The summed E-state index contributed by atoms with van der Waals surface area (Å²) in [4.78, 5) is 10.2. The maximum Gasteiger partial charge on any atom is 0.269 e. The number of rotatable bonds is 5. The molecule has 0 N–H and O–H groups in total. The fraction of sp³-hybridized carbons (Fsp3) is 0.0526. The Morgan fingerprint density at radius 2 is 1.63 bits per heavy atom. The van der Waals surface area contributed by atoms with E-state index < -0.39 is 4.92 Å². The van der Waals surface area contributed by atoms with Crippen LogP contribution in [0.5, 0.6) is 0 Å². The predicted molar refractivity (Wildman–Crippen MR) is 99.3 cm³/mol. The van der Waals surface area contributed by atoms with Crippen molar-refractivity contribution >= 4 is 23.2 Å². The number of nitro groups is 1. The molecule has 0 atom stereocenters. The number of nitrogens with zero attached hydrogens (tertiary/aromatic N) is 6. The standard InChI is InChI=1S/C19H12N6O2/c1-24(23-13-14-2-6-18(7-3-14)25(26)27)17-8-4-15(5-9-17)19(12-22)16(10-20)11-21/h2-9,13H,1H3/b23-13+. The van der Waals surface area contributed by atoms with Crippen LogP contribution in [0.2, 0.25) is 0 Å². The van der Waals surface area contributed by atoms with Crippen molar-refractivity contribution in [3.05, 3.63) is 75.3 Å². The van der Waals surface area contributed by atoms with Crippen LogP contribution in [0.25, 0.3) is 5.57 Å². The summed E-state index contributed by atoms with van der Waals surface area (Å²) < 4.78 is 0. The molecule has 2 rings (SSSR count). The first-order chi connectivity index (χ1) is 13.0. The van der Waals surface area contributed by atoms with Gasteiger partial charge in [-0.25, -0.2) is 0 Å². The van der Waals surface area contributed by atoms with Crippen molar-refractivity contribution < 1.29 is 4.92 Å². The van der Waals surface area contributed by atoms with E-state index in [9.17, 15) is 10.1 Å². The minimum Gasteiger partial charge on any atom is -0.269 e. The molecule has 0 aliphatic rings. The molecule has 0 saturated heterocycles. The van der Waals surface area contributed by atoms with Crippen molar-refractivity contribution in [1.82, 2.24) is 0 Å². The van der Waals surface area contributed by atoms with Crippen molar-refractivity contribution in [3.63, 3.8) is 0 Å². The van der Waals surface area contributed by atoms with Gasteiger partial charge in [0, 0.05) is 19.2 Å². The topological polar surface area (TPSA) is 130 Å². The van der Waals surface area contributed by atoms with Crippen molar-refractivity contribution in [3.8, 4) is 18.2 Å². The molecule has 0 aromatic heterocycles. The summed E-state index contributed by atoms with van der Waals surface area (Å²) in [5, 5.41) is 43.5. The fourth-order valence-electron chi connectivity index (χ4n) is 2.15. The summed E-state index contributed by atoms with van der Waals surface area (Å²) >= 11 is 0. The summed E-state index contributed by atoms with van der Waals surface area (Å²) in [7, 11) is 1.72. The van der Waals surface area contributed by atoms with Gasteiger partial charge in [0.05, 0.1) is 22.4 Å². The number of hydrogen-bond donors (Lipinski definition) is 0. The number of benzene rings is 2. The Balaban J connectivity index is 2.18. The first-order valence-electron chi connectivity index (χ1n) is 7.57. The van der Waals surface area contributed by atoms with Gasteiger partial charge in [-0.1, -0.05) is 12.1 Å². The largest absolute Gasteiger partial charge is 0.269 e. The highest BCUT2D eigenvalue weighted by atomic mass is 16.6. The molecule has 130 valence electrons. The van der Waals surface area contributed by atoms with Crippen LogP contribution in [0, 0.1) is 44.1 Å². The highest BCUT2D eigenvalue weighted by Crippen LogP contribution is 2.21. The lowest BCUT2D eigenvalue weighted by atomic mass is 10.0. The average Bonchev–Trinajstić information content (AvgIpc) is 2.70. The number of anilines is 1. The second kappa shape index (κ2) is 8.57. The molecule has 0 saturated carbocycles. The monoisotopic (exact) mass is 356 g/mol. The molecule has 0 aliphatic heterocycles. The molecule has 0 radical (unpaired) electrons. The molecule has 0 bridgehead atoms. The molecule has 0 amide bonds. The lowest BCUT2D eigenvalue weighted by Gasteiger charge is -2.13. The summed E-state index contributed by atoms with van der Waals surface area (Å²) in [6, 6.07) is 17.9. The Hall–Kier alpha value is -4.48. The molecular weight excluding hydrogens is 344 g/mol. The van der Waals surface area contributed by atoms with E-state index >= 15 is 0 Å². The van der Waals surface area contributed by atoms with Gasteiger partial charge < -0.3 is 0 Å². The minimum absolute atomic E-state index is 0.00607. The van der Waals surface area contributed by atoms with Crippen LogP contribution in [0.1, 0.15) is 11.1 Å². The van der Waals surface area contributed by atoms with E-state index in [1.54, 1.807) is 66.8 Å². The predicted octanol–water partition coefficient (Wildman–Crippen LogP) is 3.39. The molecule has 0 fully saturated rings. The molecular formula is C19H12N6O2. The second-order valence-corrected chi connectivity index (χ2v) is 5.25. The van der Waals surface area contributed by atoms with Gasteiger partial charge in [0.15, 0.2) is 0 Å². The van der Waals surface area contributed by atoms with Crippen LogP contribution in [-0.2, 0) is 0 Å². The van der Waals surface area contributed by atoms with Crippen molar-refractivity contribution in [1.29, 1.82) is 15.8 Å². The Labute approximate surface area is 155 Å². The van der Waals surface area contributed by atoms with E-state index in [4.69, 9.17) is 15.8 Å². The maximum atomic E-state index is 10.6. The Kier molecular flexibility index (Phi) is 5.98. The van der Waals surface area contributed by atoms with Crippen LogP contribution in [0.4, 0.5) is 11.4 Å². The third-order valence-electron chi connectivity index (χ3n) is 3.60. The minimum atomic E-state index is -0.470. The molecule has 27 heavy (non-hydrogen) atoms. The lowest BCUT2D eigenvalue weighted by molar-refractivity contribution is -0.384. The van der Waals surface area contributed by atoms with Gasteiger partial charge in [0.1, 0.15) is 23.8 Å². The van der Waals surface area contributed by atoms with E-state index in [2.05, 4.69) is 5.10 Å². The molecule has 8 heteroatoms. The van der Waals surface area contributed by atoms with E-state index in [-0.39, 0.29) is 16.8 Å². The number of nitriles is 3. The van der Waals surface area contributed by atoms with E-state index in [1.165, 1.54) is 12.1 Å². The normalized spacial score (nSPS) is 9.70. The quantitative estimate of drug-likeness (QED) is 0.349. The highest BCUT2D eigenvalue weighted by Gasteiger charge is 2.09. The molecule has 0 aliphatic carbocycles. The van der Waals surface area contributed by atoms with Gasteiger partial charge >= 0.3 is 0 Å². The van der Waals surface area contributed by atoms with Gasteiger partial charge in [-0.05, 0) is 35.4 Å². The first-order valence-corrected chi connectivity index (χ1v) is 7.57. The van der Waals surface area contributed by atoms with E-state index in [0.717, 1.165) is 0 Å². The van der Waals surface area contributed by atoms with Crippen molar-refractivity contribution in [2.75, 3.05) is 12.1 Å².